The van der Waals surface area contributed by atoms with Crippen molar-refractivity contribution in [2.24, 2.45) is 0 Å². The lowest BCUT2D eigenvalue weighted by atomic mass is 9.87. The van der Waals surface area contributed by atoms with Crippen LogP contribution in [0.3, 0.4) is 0 Å². The Labute approximate surface area is 210 Å². The highest BCUT2D eigenvalue weighted by atomic mass is 35.5. The smallest absolute Gasteiger partial charge is 0.157 e. The van der Waals surface area contributed by atoms with E-state index in [1.54, 1.807) is 6.08 Å². The second kappa shape index (κ2) is 9.33. The number of likely N-dealkylation sites (N-methyl/N-ethyl adjacent to an activating group) is 1. The highest BCUT2D eigenvalue weighted by Crippen LogP contribution is 2.38. The van der Waals surface area contributed by atoms with Gasteiger partial charge in [-0.1, -0.05) is 36.7 Å². The SMILES string of the molecule is CCN1CC(CC#N)(N/C=C\C(=N)C2=CC3C(C=Cc4nnc(C)n43)N2Cc2cccc(Cl)c2)C1. The molecule has 2 atom stereocenters. The van der Waals surface area contributed by atoms with Crippen LogP contribution >= 0.6 is 11.6 Å². The highest BCUT2D eigenvalue weighted by molar-refractivity contribution is 6.30. The molecular formula is C26H29ClN8. The van der Waals surface area contributed by atoms with Gasteiger partial charge in [0.15, 0.2) is 5.82 Å². The van der Waals surface area contributed by atoms with Gasteiger partial charge in [-0.15, -0.1) is 10.2 Å². The number of nitrogens with zero attached hydrogens (tertiary/aromatic N) is 6. The summed E-state index contributed by atoms with van der Waals surface area (Å²) in [6, 6.07) is 10.2. The molecule has 0 aliphatic carbocycles. The number of halogens is 1. The first-order valence-electron chi connectivity index (χ1n) is 11.9. The van der Waals surface area contributed by atoms with Crippen LogP contribution in [0.15, 0.2) is 54.4 Å². The van der Waals surface area contributed by atoms with Gasteiger partial charge in [-0.2, -0.15) is 5.26 Å². The summed E-state index contributed by atoms with van der Waals surface area (Å²) in [6.45, 7) is 7.36. The summed E-state index contributed by atoms with van der Waals surface area (Å²) < 4.78 is 2.13. The Morgan fingerprint density at radius 3 is 2.91 bits per heavy atom. The molecule has 3 aliphatic heterocycles. The van der Waals surface area contributed by atoms with Gasteiger partial charge in [0, 0.05) is 24.7 Å². The molecule has 1 aromatic heterocycles. The largest absolute Gasteiger partial charge is 0.382 e. The van der Waals surface area contributed by atoms with Gasteiger partial charge in [0.2, 0.25) is 0 Å². The van der Waals surface area contributed by atoms with Crippen LogP contribution in [0, 0.1) is 23.7 Å². The molecule has 2 unspecified atom stereocenters. The van der Waals surface area contributed by atoms with Crippen molar-refractivity contribution < 1.29 is 0 Å². The standard InChI is InChI=1S/C26H29ClN8/c1-3-33-16-26(17-33,10-11-28)30-12-9-21(29)23-14-24-22(7-8-25-32-31-18(2)35(24)25)34(23)15-19-5-4-6-20(27)13-19/h4-9,12-14,22,24,29-30H,3,10,15-17H2,1-2H3/b12-9-,29-21?. The van der Waals surface area contributed by atoms with E-state index in [1.807, 2.05) is 37.4 Å². The highest BCUT2D eigenvalue weighted by Gasteiger charge is 2.41. The van der Waals surface area contributed by atoms with Crippen molar-refractivity contribution in [3.05, 3.63) is 76.6 Å². The fraction of sp³-hybridized carbons (Fsp3) is 0.385. The van der Waals surface area contributed by atoms with Gasteiger partial charge in [-0.3, -0.25) is 10.3 Å². The maximum absolute atomic E-state index is 9.29. The van der Waals surface area contributed by atoms with Crippen LogP contribution in [-0.4, -0.2) is 61.5 Å². The van der Waals surface area contributed by atoms with Crippen molar-refractivity contribution in [3.63, 3.8) is 0 Å². The molecule has 180 valence electrons. The second-order valence-corrected chi connectivity index (χ2v) is 9.87. The minimum atomic E-state index is -0.239. The van der Waals surface area contributed by atoms with E-state index < -0.39 is 0 Å². The van der Waals surface area contributed by atoms with Gasteiger partial charge >= 0.3 is 0 Å². The molecule has 1 fully saturated rings. The summed E-state index contributed by atoms with van der Waals surface area (Å²) in [5.41, 5.74) is 2.10. The van der Waals surface area contributed by atoms with Crippen LogP contribution < -0.4 is 5.32 Å². The Morgan fingerprint density at radius 1 is 1.34 bits per heavy atom. The van der Waals surface area contributed by atoms with Crippen LogP contribution in [-0.2, 0) is 6.54 Å². The molecule has 0 radical (unpaired) electrons. The van der Waals surface area contributed by atoms with Gasteiger partial charge in [-0.05, 0) is 55.6 Å². The molecule has 2 aromatic rings. The monoisotopic (exact) mass is 488 g/mol. The number of fused-ring (bicyclic) bond motifs is 3. The lowest BCUT2D eigenvalue weighted by Crippen LogP contribution is -2.67. The Morgan fingerprint density at radius 2 is 2.17 bits per heavy atom. The summed E-state index contributed by atoms with van der Waals surface area (Å²) in [5, 5.41) is 30.9. The van der Waals surface area contributed by atoms with Crippen LogP contribution in [0.1, 0.15) is 36.6 Å². The van der Waals surface area contributed by atoms with Crippen LogP contribution in [0.4, 0.5) is 0 Å². The van der Waals surface area contributed by atoms with Crippen molar-refractivity contribution in [3.8, 4) is 6.07 Å². The van der Waals surface area contributed by atoms with Gasteiger partial charge in [0.05, 0.1) is 41.5 Å². The average Bonchev–Trinajstić information content (AvgIpc) is 3.37. The van der Waals surface area contributed by atoms with Crippen molar-refractivity contribution >= 4 is 23.4 Å². The topological polar surface area (TPSA) is 96.9 Å². The zero-order chi connectivity index (χ0) is 24.6. The van der Waals surface area contributed by atoms with Crippen molar-refractivity contribution in [2.45, 2.75) is 44.4 Å². The molecule has 1 aromatic carbocycles. The molecule has 0 bridgehead atoms. The molecule has 9 heteroatoms. The number of hydrogen-bond donors (Lipinski definition) is 2. The molecule has 3 aliphatic rings. The Hall–Kier alpha value is -3.41. The summed E-state index contributed by atoms with van der Waals surface area (Å²) >= 11 is 6.26. The van der Waals surface area contributed by atoms with Crippen molar-refractivity contribution in [2.75, 3.05) is 19.6 Å². The number of rotatable bonds is 8. The Balaban J connectivity index is 1.40. The second-order valence-electron chi connectivity index (χ2n) is 9.44. The molecule has 0 spiro atoms. The number of aryl methyl sites for hydroxylation is 1. The zero-order valence-electron chi connectivity index (χ0n) is 19.9. The minimum Gasteiger partial charge on any atom is -0.382 e. The summed E-state index contributed by atoms with van der Waals surface area (Å²) in [5.74, 6) is 1.68. The Bertz CT molecular complexity index is 1260. The number of hydrogen-bond acceptors (Lipinski definition) is 7. The van der Waals surface area contributed by atoms with Crippen LogP contribution in [0.25, 0.3) is 6.08 Å². The third kappa shape index (κ3) is 4.38. The van der Waals surface area contributed by atoms with E-state index >= 15 is 0 Å². The molecular weight excluding hydrogens is 460 g/mol. The molecule has 0 amide bonds. The number of benzene rings is 1. The number of nitrogens with one attached hydrogen (secondary N) is 2. The third-order valence-electron chi connectivity index (χ3n) is 7.06. The number of nitriles is 1. The fourth-order valence-electron chi connectivity index (χ4n) is 5.29. The quantitative estimate of drug-likeness (QED) is 0.550. The number of aromatic nitrogens is 3. The number of allylic oxidation sites excluding steroid dienone is 1. The average molecular weight is 489 g/mol. The van der Waals surface area contributed by atoms with E-state index in [9.17, 15) is 5.26 Å². The normalized spacial score (nSPS) is 22.3. The molecule has 0 saturated carbocycles. The van der Waals surface area contributed by atoms with E-state index in [-0.39, 0.29) is 17.6 Å². The van der Waals surface area contributed by atoms with E-state index in [0.717, 1.165) is 42.5 Å². The lowest BCUT2D eigenvalue weighted by Gasteiger charge is -2.49. The van der Waals surface area contributed by atoms with E-state index in [1.165, 1.54) is 0 Å². The molecule has 4 heterocycles. The fourth-order valence-corrected chi connectivity index (χ4v) is 5.50. The van der Waals surface area contributed by atoms with Crippen LogP contribution in [0.2, 0.25) is 5.02 Å². The van der Waals surface area contributed by atoms with Crippen molar-refractivity contribution in [1.29, 1.82) is 10.7 Å². The van der Waals surface area contributed by atoms with Gasteiger partial charge in [-0.25, -0.2) is 0 Å². The summed E-state index contributed by atoms with van der Waals surface area (Å²) in [7, 11) is 0. The van der Waals surface area contributed by atoms with Gasteiger partial charge < -0.3 is 14.8 Å². The molecule has 1 saturated heterocycles. The number of likely N-dealkylation sites (tertiary alicyclic amines) is 1. The predicted octanol–water partition coefficient (Wildman–Crippen LogP) is 3.69. The van der Waals surface area contributed by atoms with E-state index in [0.29, 0.717) is 23.7 Å². The molecule has 8 nitrogen and oxygen atoms in total. The van der Waals surface area contributed by atoms with Crippen LogP contribution in [0.5, 0.6) is 0 Å². The minimum absolute atomic E-state index is 0.00979. The third-order valence-corrected chi connectivity index (χ3v) is 7.29. The molecule has 35 heavy (non-hydrogen) atoms. The maximum Gasteiger partial charge on any atom is 0.157 e. The lowest BCUT2D eigenvalue weighted by molar-refractivity contribution is 0.0599. The zero-order valence-corrected chi connectivity index (χ0v) is 20.7. The first-order valence-corrected chi connectivity index (χ1v) is 12.3. The van der Waals surface area contributed by atoms with Crippen molar-refractivity contribution in [1.82, 2.24) is 29.9 Å². The Kier molecular flexibility index (Phi) is 6.22. The van der Waals surface area contributed by atoms with E-state index in [2.05, 4.69) is 61.1 Å². The van der Waals surface area contributed by atoms with E-state index in [4.69, 9.17) is 17.0 Å². The van der Waals surface area contributed by atoms with Gasteiger partial charge in [0.1, 0.15) is 5.82 Å². The molecule has 5 rings (SSSR count). The summed E-state index contributed by atoms with van der Waals surface area (Å²) in [6.07, 6.45) is 10.4. The first-order chi connectivity index (χ1) is 16.9. The predicted molar refractivity (Wildman–Crippen MR) is 137 cm³/mol. The van der Waals surface area contributed by atoms with Gasteiger partial charge in [0.25, 0.3) is 0 Å². The first kappa shape index (κ1) is 23.3. The summed E-state index contributed by atoms with van der Waals surface area (Å²) in [4.78, 5) is 4.54. The maximum atomic E-state index is 9.29. The molecule has 2 N–H and O–H groups in total.